The third-order valence-corrected chi connectivity index (χ3v) is 8.78. The van der Waals surface area contributed by atoms with Gasteiger partial charge < -0.3 is 25.6 Å². The highest BCUT2D eigenvalue weighted by atomic mass is 35.5. The third kappa shape index (κ3) is 7.29. The van der Waals surface area contributed by atoms with E-state index in [1.807, 2.05) is 0 Å². The molecule has 4 amide bonds. The Labute approximate surface area is 246 Å². The molecule has 0 spiro atoms. The Hall–Kier alpha value is -2.33. The zero-order chi connectivity index (χ0) is 30.2. The number of hydrogen-bond donors (Lipinski definition) is 3. The van der Waals surface area contributed by atoms with E-state index in [9.17, 15) is 24.0 Å². The second kappa shape index (κ2) is 11.9. The normalized spacial score (nSPS) is 25.0. The molecule has 3 aliphatic rings. The minimum absolute atomic E-state index is 0.109. The van der Waals surface area contributed by atoms with Gasteiger partial charge in [-0.3, -0.25) is 19.2 Å². The lowest BCUT2D eigenvalue weighted by Gasteiger charge is -2.38. The Morgan fingerprint density at radius 1 is 1.07 bits per heavy atom. The van der Waals surface area contributed by atoms with Gasteiger partial charge in [-0.15, -0.1) is 29.8 Å². The molecule has 3 N–H and O–H groups in total. The zero-order valence-electron chi connectivity index (χ0n) is 24.1. The number of hydrogen-bond acceptors (Lipinski definition) is 6. The highest BCUT2D eigenvalue weighted by molar-refractivity contribution is 6.51. The van der Waals surface area contributed by atoms with Gasteiger partial charge in [0, 0.05) is 24.9 Å². The summed E-state index contributed by atoms with van der Waals surface area (Å²) in [7, 11) is 0. The highest BCUT2D eigenvalue weighted by Gasteiger charge is 2.74. The molecule has 2 saturated carbocycles. The van der Waals surface area contributed by atoms with Crippen LogP contribution in [-0.2, 0) is 23.9 Å². The Morgan fingerprint density at radius 3 is 2.20 bits per heavy atom. The molecule has 3 rings (SSSR count). The predicted octanol–water partition coefficient (Wildman–Crippen LogP) is 3.10. The highest BCUT2D eigenvalue weighted by Crippen LogP contribution is 2.65. The summed E-state index contributed by atoms with van der Waals surface area (Å²) in [5, 5.41) is 7.89. The summed E-state index contributed by atoms with van der Waals surface area (Å²) in [5.74, 6) is -3.37. The number of ketones is 1. The number of alkyl carbamates (subject to hydrolysis) is 1. The van der Waals surface area contributed by atoms with Gasteiger partial charge in [-0.25, -0.2) is 4.79 Å². The van der Waals surface area contributed by atoms with Crippen molar-refractivity contribution >= 4 is 52.8 Å². The van der Waals surface area contributed by atoms with Crippen LogP contribution in [0.15, 0.2) is 12.7 Å². The van der Waals surface area contributed by atoms with Crippen LogP contribution in [0.1, 0.15) is 67.2 Å². The lowest BCUT2D eigenvalue weighted by atomic mass is 9.80. The topological polar surface area (TPSA) is 134 Å². The lowest BCUT2D eigenvalue weighted by Crippen LogP contribution is -2.61. The smallest absolute Gasteiger partial charge is 0.408 e. The molecule has 40 heavy (non-hydrogen) atoms. The van der Waals surface area contributed by atoms with Gasteiger partial charge in [0.05, 0.1) is 6.04 Å². The molecular formula is C28H42Cl2N4O6. The Bertz CT molecular complexity index is 1050. The van der Waals surface area contributed by atoms with Crippen molar-refractivity contribution in [1.82, 2.24) is 20.9 Å². The van der Waals surface area contributed by atoms with Crippen LogP contribution in [0.3, 0.4) is 0 Å². The minimum Gasteiger partial charge on any atom is -0.444 e. The number of piperidine rings is 1. The molecule has 0 radical (unpaired) electrons. The first kappa shape index (κ1) is 32.2. The molecule has 12 heteroatoms. The first-order valence-electron chi connectivity index (χ1n) is 13.8. The predicted molar refractivity (Wildman–Crippen MR) is 152 cm³/mol. The Kier molecular flexibility index (Phi) is 9.56. The van der Waals surface area contributed by atoms with E-state index in [-0.39, 0.29) is 24.9 Å². The van der Waals surface area contributed by atoms with Gasteiger partial charge in [0.2, 0.25) is 17.6 Å². The van der Waals surface area contributed by atoms with Gasteiger partial charge in [-0.2, -0.15) is 0 Å². The molecule has 0 aromatic heterocycles. The SMILES string of the molecule is C=CCNC(=O)C(=O)C(CC1CCC1)NC(=O)[C@@H]1C2C(CN1C(=O)[C@@H](NC(=O)OC(C)(C)C)C(C)(C)C)C2(Cl)Cl. The first-order chi connectivity index (χ1) is 18.4. The maximum Gasteiger partial charge on any atom is 0.408 e. The van der Waals surface area contributed by atoms with Gasteiger partial charge in [-0.1, -0.05) is 46.1 Å². The summed E-state index contributed by atoms with van der Waals surface area (Å²) in [5.41, 5.74) is -1.50. The van der Waals surface area contributed by atoms with E-state index in [0.717, 1.165) is 19.3 Å². The molecule has 1 aliphatic heterocycles. The van der Waals surface area contributed by atoms with E-state index in [4.69, 9.17) is 27.9 Å². The fraction of sp³-hybridized carbons (Fsp3) is 0.750. The molecule has 5 atom stereocenters. The number of carbonyl (C=O) groups excluding carboxylic acids is 5. The second-order valence-corrected chi connectivity index (χ2v) is 14.6. The van der Waals surface area contributed by atoms with Crippen molar-refractivity contribution in [2.75, 3.05) is 13.1 Å². The molecule has 3 fully saturated rings. The van der Waals surface area contributed by atoms with E-state index >= 15 is 0 Å². The number of likely N-dealkylation sites (tertiary alicyclic amines) is 1. The number of Topliss-reactive ketones (excluding diaryl/α,β-unsaturated/α-hetero) is 1. The summed E-state index contributed by atoms with van der Waals surface area (Å²) in [6.07, 6.45) is 3.85. The van der Waals surface area contributed by atoms with Gasteiger partial charge in [0.15, 0.2) is 0 Å². The maximum absolute atomic E-state index is 13.9. The van der Waals surface area contributed by atoms with Crippen molar-refractivity contribution in [3.8, 4) is 0 Å². The van der Waals surface area contributed by atoms with Crippen molar-refractivity contribution < 1.29 is 28.7 Å². The first-order valence-corrected chi connectivity index (χ1v) is 14.5. The molecule has 2 aliphatic carbocycles. The quantitative estimate of drug-likeness (QED) is 0.200. The van der Waals surface area contributed by atoms with Crippen LogP contribution < -0.4 is 16.0 Å². The molecule has 1 saturated heterocycles. The van der Waals surface area contributed by atoms with Gasteiger partial charge in [0.25, 0.3) is 5.91 Å². The summed E-state index contributed by atoms with van der Waals surface area (Å²) in [6, 6.07) is -3.16. The number of nitrogens with one attached hydrogen (secondary N) is 3. The van der Waals surface area contributed by atoms with Crippen LogP contribution in [0.4, 0.5) is 4.79 Å². The van der Waals surface area contributed by atoms with Crippen LogP contribution in [0.5, 0.6) is 0 Å². The molecule has 3 unspecified atom stereocenters. The third-order valence-electron chi connectivity index (χ3n) is 7.72. The van der Waals surface area contributed by atoms with E-state index in [0.29, 0.717) is 6.42 Å². The molecule has 1 heterocycles. The van der Waals surface area contributed by atoms with Crippen LogP contribution >= 0.6 is 23.2 Å². The fourth-order valence-electron chi connectivity index (χ4n) is 5.33. The number of fused-ring (bicyclic) bond motifs is 1. The van der Waals surface area contributed by atoms with E-state index in [1.54, 1.807) is 41.5 Å². The molecule has 0 bridgehead atoms. The van der Waals surface area contributed by atoms with Crippen molar-refractivity contribution in [2.45, 2.75) is 95.3 Å². The minimum atomic E-state index is -1.20. The average Bonchev–Trinajstić information content (AvgIpc) is 3.13. The standard InChI is InChI=1S/C28H42Cl2N4O6/c1-8-12-31-23(37)20(35)17(13-15-10-9-11-15)32-22(36)19-18-16(28(18,29)30)14-34(19)24(38)21(26(2,3)4)33-25(39)40-27(5,6)7/h8,15-19,21H,1,9-14H2,2-7H3,(H,31,37)(H,32,36)(H,33,39)/t16?,17?,18?,19-,21+/m0/s1. The number of carbonyl (C=O) groups is 5. The second-order valence-electron chi connectivity index (χ2n) is 13.1. The van der Waals surface area contributed by atoms with Crippen molar-refractivity contribution in [3.05, 3.63) is 12.7 Å². The van der Waals surface area contributed by atoms with Gasteiger partial charge in [0.1, 0.15) is 22.0 Å². The van der Waals surface area contributed by atoms with Crippen molar-refractivity contribution in [2.24, 2.45) is 23.2 Å². The summed E-state index contributed by atoms with van der Waals surface area (Å²) in [6.45, 7) is 14.3. The van der Waals surface area contributed by atoms with Gasteiger partial charge >= 0.3 is 6.09 Å². The molecule has 0 aromatic rings. The molecule has 224 valence electrons. The van der Waals surface area contributed by atoms with Crippen molar-refractivity contribution in [3.63, 3.8) is 0 Å². The summed E-state index contributed by atoms with van der Waals surface area (Å²) in [4.78, 5) is 67.2. The largest absolute Gasteiger partial charge is 0.444 e. The summed E-state index contributed by atoms with van der Waals surface area (Å²) >= 11 is 13.0. The number of nitrogens with zero attached hydrogens (tertiary/aromatic N) is 1. The van der Waals surface area contributed by atoms with Gasteiger partial charge in [-0.05, 0) is 38.5 Å². The monoisotopic (exact) mass is 600 g/mol. The van der Waals surface area contributed by atoms with Crippen LogP contribution in [0.2, 0.25) is 0 Å². The van der Waals surface area contributed by atoms with Crippen molar-refractivity contribution in [1.29, 1.82) is 0 Å². The van der Waals surface area contributed by atoms with Crippen LogP contribution in [0.25, 0.3) is 0 Å². The van der Waals surface area contributed by atoms with E-state index in [1.165, 1.54) is 11.0 Å². The maximum atomic E-state index is 13.9. The number of ether oxygens (including phenoxy) is 1. The number of rotatable bonds is 10. The van der Waals surface area contributed by atoms with E-state index < -0.39 is 69.0 Å². The Balaban J connectivity index is 1.84. The zero-order valence-corrected chi connectivity index (χ0v) is 25.7. The number of halogens is 2. The van der Waals surface area contributed by atoms with Crippen LogP contribution in [-0.4, -0.2) is 75.6 Å². The summed E-state index contributed by atoms with van der Waals surface area (Å²) < 4.78 is 4.17. The molecule has 0 aromatic carbocycles. The number of amides is 4. The Morgan fingerprint density at radius 2 is 1.70 bits per heavy atom. The van der Waals surface area contributed by atoms with E-state index in [2.05, 4.69) is 22.5 Å². The fourth-order valence-corrected chi connectivity index (χ4v) is 6.16. The lowest BCUT2D eigenvalue weighted by molar-refractivity contribution is -0.145. The number of alkyl halides is 2. The molecule has 10 nitrogen and oxygen atoms in total. The average molecular weight is 602 g/mol. The van der Waals surface area contributed by atoms with Crippen LogP contribution in [0, 0.1) is 23.2 Å². The molecular weight excluding hydrogens is 559 g/mol.